The molecule has 2 aliphatic heterocycles. The van der Waals surface area contributed by atoms with Crippen LogP contribution in [0.3, 0.4) is 0 Å². The van der Waals surface area contributed by atoms with Crippen molar-refractivity contribution >= 4 is 11.6 Å². The van der Waals surface area contributed by atoms with Crippen molar-refractivity contribution in [2.75, 3.05) is 44.3 Å². The molecule has 1 amide bonds. The van der Waals surface area contributed by atoms with Crippen LogP contribution in [-0.4, -0.2) is 56.4 Å². The highest BCUT2D eigenvalue weighted by Crippen LogP contribution is 2.44. The van der Waals surface area contributed by atoms with E-state index in [2.05, 4.69) is 11.8 Å². The van der Waals surface area contributed by atoms with Gasteiger partial charge in [-0.15, -0.1) is 0 Å². The van der Waals surface area contributed by atoms with Crippen LogP contribution in [0.15, 0.2) is 18.2 Å². The van der Waals surface area contributed by atoms with Gasteiger partial charge in [0.05, 0.1) is 12.2 Å². The number of carbonyl (C=O) groups excluding carboxylic acids is 1. The molecule has 1 aromatic rings. The Morgan fingerprint density at radius 3 is 2.53 bits per heavy atom. The first kappa shape index (κ1) is 25.6. The molecule has 0 radical (unpaired) electrons. The second kappa shape index (κ2) is 12.4. The summed E-state index contributed by atoms with van der Waals surface area (Å²) < 4.78 is 33.7. The Hall–Kier alpha value is -1.53. The van der Waals surface area contributed by atoms with Crippen LogP contribution in [0.2, 0.25) is 0 Å². The number of likely N-dealkylation sites (tertiary alicyclic amines) is 1. The molecule has 6 heteroatoms. The van der Waals surface area contributed by atoms with Gasteiger partial charge in [0.1, 0.15) is 12.0 Å². The molecule has 0 bridgehead atoms. The number of hydrogen-bond acceptors (Lipinski definition) is 3. The van der Waals surface area contributed by atoms with E-state index in [-0.39, 0.29) is 17.6 Å². The Morgan fingerprint density at radius 2 is 1.79 bits per heavy atom. The zero-order valence-corrected chi connectivity index (χ0v) is 20.8. The highest BCUT2D eigenvalue weighted by Gasteiger charge is 2.34. The van der Waals surface area contributed by atoms with Gasteiger partial charge in [-0.05, 0) is 113 Å². The van der Waals surface area contributed by atoms with Gasteiger partial charge >= 0.3 is 0 Å². The van der Waals surface area contributed by atoms with Crippen LogP contribution in [-0.2, 0) is 9.53 Å². The molecule has 1 saturated heterocycles. The monoisotopic (exact) mass is 476 g/mol. The molecule has 0 N–H and O–H groups in total. The summed E-state index contributed by atoms with van der Waals surface area (Å²) in [4.78, 5) is 17.5. The summed E-state index contributed by atoms with van der Waals surface area (Å²) >= 11 is 0. The Morgan fingerprint density at radius 1 is 1.03 bits per heavy atom. The van der Waals surface area contributed by atoms with Gasteiger partial charge in [-0.3, -0.25) is 9.69 Å². The largest absolute Gasteiger partial charge is 0.381 e. The smallest absolute Gasteiger partial charge is 0.241 e. The first-order valence-electron chi connectivity index (χ1n) is 13.6. The molecule has 0 aromatic heterocycles. The number of halogens is 2. The summed E-state index contributed by atoms with van der Waals surface area (Å²) in [6.07, 6.45) is 8.60. The number of fused-ring (bicyclic) bond motifs is 1. The van der Waals surface area contributed by atoms with Crippen LogP contribution in [0.1, 0.15) is 82.6 Å². The molecule has 1 unspecified atom stereocenters. The van der Waals surface area contributed by atoms with E-state index in [1.54, 1.807) is 6.07 Å². The molecule has 0 spiro atoms. The lowest BCUT2D eigenvalue weighted by Gasteiger charge is -2.34. The fraction of sp³-hybridized carbons (Fsp3) is 0.750. The van der Waals surface area contributed by atoms with Crippen LogP contribution in [0, 0.1) is 17.7 Å². The first-order valence-corrected chi connectivity index (χ1v) is 13.6. The van der Waals surface area contributed by atoms with E-state index >= 15 is 0 Å². The quantitative estimate of drug-likeness (QED) is 0.426. The van der Waals surface area contributed by atoms with Crippen molar-refractivity contribution in [3.8, 4) is 0 Å². The van der Waals surface area contributed by atoms with Crippen molar-refractivity contribution in [3.05, 3.63) is 29.6 Å². The van der Waals surface area contributed by atoms with E-state index in [0.717, 1.165) is 88.9 Å². The predicted molar refractivity (Wildman–Crippen MR) is 132 cm³/mol. The van der Waals surface area contributed by atoms with Gasteiger partial charge < -0.3 is 9.64 Å². The molecule has 4 rings (SSSR count). The van der Waals surface area contributed by atoms with Crippen LogP contribution in [0.25, 0.3) is 0 Å². The number of hydrogen-bond donors (Lipinski definition) is 0. The number of alkyl halides is 1. The van der Waals surface area contributed by atoms with Crippen molar-refractivity contribution in [1.29, 1.82) is 0 Å². The van der Waals surface area contributed by atoms with Crippen LogP contribution in [0.4, 0.5) is 14.5 Å². The van der Waals surface area contributed by atoms with Gasteiger partial charge in [0.15, 0.2) is 0 Å². The lowest BCUT2D eigenvalue weighted by Crippen LogP contribution is -2.44. The van der Waals surface area contributed by atoms with E-state index < -0.39 is 6.17 Å². The second-order valence-electron chi connectivity index (χ2n) is 10.6. The SMILES string of the molecule is CCCOCCC1CCN(CC(=O)N2CCCC(C3CCC(F)CC3)c3ccc(F)cc32)CC1. The fourth-order valence-electron chi connectivity index (χ4n) is 6.25. The highest BCUT2D eigenvalue weighted by molar-refractivity contribution is 5.95. The third-order valence-corrected chi connectivity index (χ3v) is 8.24. The summed E-state index contributed by atoms with van der Waals surface area (Å²) in [6, 6.07) is 4.96. The number of rotatable bonds is 8. The lowest BCUT2D eigenvalue weighted by atomic mass is 9.74. The number of ether oxygens (including phenoxy) is 1. The molecule has 2 fully saturated rings. The summed E-state index contributed by atoms with van der Waals surface area (Å²) in [6.45, 7) is 6.70. The molecule has 1 saturated carbocycles. The van der Waals surface area contributed by atoms with Gasteiger partial charge in [-0.1, -0.05) is 13.0 Å². The van der Waals surface area contributed by atoms with Gasteiger partial charge in [-0.2, -0.15) is 0 Å². The summed E-state index contributed by atoms with van der Waals surface area (Å²) in [5.41, 5.74) is 1.83. The molecular weight excluding hydrogens is 434 g/mol. The standard InChI is InChI=1S/C28H42F2N2O2/c1-2-17-34-18-13-21-11-15-31(16-12-21)20-28(33)32-14-3-4-25(22-5-7-23(29)8-6-22)26-10-9-24(30)19-27(26)32/h9-10,19,21-23,25H,2-8,11-18,20H2,1H3. The normalized spacial score (nSPS) is 26.8. The van der Waals surface area contributed by atoms with Crippen molar-refractivity contribution in [2.24, 2.45) is 11.8 Å². The fourth-order valence-corrected chi connectivity index (χ4v) is 6.25. The maximum absolute atomic E-state index is 14.3. The van der Waals surface area contributed by atoms with E-state index in [1.807, 2.05) is 11.0 Å². The van der Waals surface area contributed by atoms with Gasteiger partial charge in [0.2, 0.25) is 5.91 Å². The average molecular weight is 477 g/mol. The van der Waals surface area contributed by atoms with Gasteiger partial charge in [0, 0.05) is 19.8 Å². The summed E-state index contributed by atoms with van der Waals surface area (Å²) in [7, 11) is 0. The van der Waals surface area contributed by atoms with Gasteiger partial charge in [0.25, 0.3) is 0 Å². The average Bonchev–Trinajstić information content (AvgIpc) is 3.03. The Labute approximate surface area is 204 Å². The highest BCUT2D eigenvalue weighted by atomic mass is 19.1. The number of amides is 1. The molecule has 1 aromatic carbocycles. The molecule has 4 nitrogen and oxygen atoms in total. The van der Waals surface area contributed by atoms with Crippen molar-refractivity contribution in [2.45, 2.75) is 83.2 Å². The maximum atomic E-state index is 14.3. The van der Waals surface area contributed by atoms with Crippen molar-refractivity contribution in [1.82, 2.24) is 4.90 Å². The topological polar surface area (TPSA) is 32.8 Å². The summed E-state index contributed by atoms with van der Waals surface area (Å²) in [5.74, 6) is 1.16. The maximum Gasteiger partial charge on any atom is 0.241 e. The predicted octanol–water partition coefficient (Wildman–Crippen LogP) is 6.09. The Bertz CT molecular complexity index is 789. The molecule has 1 atom stereocenters. The minimum Gasteiger partial charge on any atom is -0.381 e. The van der Waals surface area contributed by atoms with Crippen molar-refractivity contribution < 1.29 is 18.3 Å². The van der Waals surface area contributed by atoms with E-state index in [4.69, 9.17) is 4.74 Å². The molecule has 34 heavy (non-hydrogen) atoms. The molecule has 190 valence electrons. The Balaban J connectivity index is 1.38. The second-order valence-corrected chi connectivity index (χ2v) is 10.6. The molecule has 1 aliphatic carbocycles. The third-order valence-electron chi connectivity index (χ3n) is 8.24. The zero-order chi connectivity index (χ0) is 23.9. The lowest BCUT2D eigenvalue weighted by molar-refractivity contribution is -0.120. The Kier molecular flexibility index (Phi) is 9.35. The first-order chi connectivity index (χ1) is 16.5. The summed E-state index contributed by atoms with van der Waals surface area (Å²) in [5, 5.41) is 0. The molecule has 2 heterocycles. The number of benzene rings is 1. The third kappa shape index (κ3) is 6.57. The van der Waals surface area contributed by atoms with Crippen LogP contribution >= 0.6 is 0 Å². The number of nitrogens with zero attached hydrogens (tertiary/aromatic N) is 2. The minimum absolute atomic E-state index is 0.0738. The van der Waals surface area contributed by atoms with Crippen LogP contribution < -0.4 is 4.90 Å². The van der Waals surface area contributed by atoms with Crippen molar-refractivity contribution in [3.63, 3.8) is 0 Å². The van der Waals surface area contributed by atoms with E-state index in [9.17, 15) is 13.6 Å². The van der Waals surface area contributed by atoms with Crippen LogP contribution in [0.5, 0.6) is 0 Å². The minimum atomic E-state index is -0.680. The van der Waals surface area contributed by atoms with E-state index in [0.29, 0.717) is 37.8 Å². The van der Waals surface area contributed by atoms with E-state index in [1.165, 1.54) is 6.07 Å². The number of carbonyl (C=O) groups is 1. The van der Waals surface area contributed by atoms with Gasteiger partial charge in [-0.25, -0.2) is 8.78 Å². The number of piperidine rings is 1. The zero-order valence-electron chi connectivity index (χ0n) is 20.8. The number of anilines is 1. The molecular formula is C28H42F2N2O2. The molecule has 3 aliphatic rings.